The van der Waals surface area contributed by atoms with Crippen LogP contribution in [-0.2, 0) is 16.4 Å². The maximum Gasteiger partial charge on any atom is 0.252 e. The van der Waals surface area contributed by atoms with E-state index >= 15 is 0 Å². The van der Waals surface area contributed by atoms with Crippen molar-refractivity contribution in [3.8, 4) is 0 Å². The smallest absolute Gasteiger partial charge is 0.252 e. The van der Waals surface area contributed by atoms with Crippen LogP contribution in [0.4, 0.5) is 5.13 Å². The molecule has 0 aliphatic heterocycles. The Hall–Kier alpha value is -1.52. The Balaban J connectivity index is 1.89. The van der Waals surface area contributed by atoms with Crippen LogP contribution in [0, 0.1) is 6.92 Å². The van der Waals surface area contributed by atoms with E-state index in [0.717, 1.165) is 17.2 Å². The Labute approximate surface area is 114 Å². The summed E-state index contributed by atoms with van der Waals surface area (Å²) in [6, 6.07) is 0. The SMILES string of the molecule is Cc1nc(N)sc1S(=O)(=O)NCCCc1ncn[nH]1. The molecule has 4 N–H and O–H groups in total. The van der Waals surface area contributed by atoms with E-state index in [1.54, 1.807) is 6.92 Å². The number of H-pyrrole nitrogens is 1. The van der Waals surface area contributed by atoms with E-state index in [1.165, 1.54) is 6.33 Å². The normalized spacial score (nSPS) is 11.8. The number of nitrogen functional groups attached to an aromatic ring is 1. The number of hydrogen-bond donors (Lipinski definition) is 3. The lowest BCUT2D eigenvalue weighted by molar-refractivity contribution is 0.579. The molecular weight excluding hydrogens is 288 g/mol. The number of rotatable bonds is 6. The lowest BCUT2D eigenvalue weighted by Gasteiger charge is -2.04. The number of anilines is 1. The summed E-state index contributed by atoms with van der Waals surface area (Å²) >= 11 is 0.965. The van der Waals surface area contributed by atoms with Crippen LogP contribution >= 0.6 is 11.3 Å². The van der Waals surface area contributed by atoms with Gasteiger partial charge in [-0.1, -0.05) is 11.3 Å². The zero-order chi connectivity index (χ0) is 13.9. The number of nitrogens with zero attached hydrogens (tertiary/aromatic N) is 3. The van der Waals surface area contributed by atoms with E-state index < -0.39 is 10.0 Å². The van der Waals surface area contributed by atoms with Crippen LogP contribution in [-0.4, -0.2) is 35.1 Å². The van der Waals surface area contributed by atoms with E-state index in [1.807, 2.05) is 0 Å². The second kappa shape index (κ2) is 5.63. The average molecular weight is 302 g/mol. The van der Waals surface area contributed by atoms with Crippen molar-refractivity contribution in [2.45, 2.75) is 24.0 Å². The molecule has 0 aromatic carbocycles. The van der Waals surface area contributed by atoms with Crippen molar-refractivity contribution < 1.29 is 8.42 Å². The van der Waals surface area contributed by atoms with Gasteiger partial charge in [0.05, 0.1) is 5.69 Å². The van der Waals surface area contributed by atoms with Crippen molar-refractivity contribution in [3.63, 3.8) is 0 Å². The van der Waals surface area contributed by atoms with Gasteiger partial charge in [-0.05, 0) is 13.3 Å². The average Bonchev–Trinajstić information content (AvgIpc) is 2.94. The third-order valence-corrected chi connectivity index (χ3v) is 5.42. The molecule has 104 valence electrons. The van der Waals surface area contributed by atoms with Crippen LogP contribution in [0.3, 0.4) is 0 Å². The highest BCUT2D eigenvalue weighted by molar-refractivity contribution is 7.91. The van der Waals surface area contributed by atoms with E-state index in [-0.39, 0.29) is 9.34 Å². The Morgan fingerprint density at radius 1 is 1.53 bits per heavy atom. The Morgan fingerprint density at radius 2 is 2.32 bits per heavy atom. The fraction of sp³-hybridized carbons (Fsp3) is 0.444. The highest BCUT2D eigenvalue weighted by atomic mass is 32.2. The van der Waals surface area contributed by atoms with E-state index in [2.05, 4.69) is 24.9 Å². The van der Waals surface area contributed by atoms with Gasteiger partial charge in [-0.3, -0.25) is 5.10 Å². The quantitative estimate of drug-likeness (QED) is 0.648. The van der Waals surface area contributed by atoms with E-state index in [9.17, 15) is 8.42 Å². The zero-order valence-corrected chi connectivity index (χ0v) is 11.9. The summed E-state index contributed by atoms with van der Waals surface area (Å²) in [5.74, 6) is 0.734. The Morgan fingerprint density at radius 3 is 2.89 bits per heavy atom. The van der Waals surface area contributed by atoms with Gasteiger partial charge in [-0.25, -0.2) is 23.1 Å². The molecule has 0 bridgehead atoms. The first-order valence-electron chi connectivity index (χ1n) is 5.56. The topological polar surface area (TPSA) is 127 Å². The summed E-state index contributed by atoms with van der Waals surface area (Å²) in [6.45, 7) is 1.94. The molecule has 2 aromatic rings. The standard InChI is InChI=1S/C9H14N6O2S2/c1-6-8(18-9(10)14-6)19(16,17)13-4-2-3-7-11-5-12-15-7/h5,13H,2-4H2,1H3,(H2,10,14)(H,11,12,15). The van der Waals surface area contributed by atoms with Crippen molar-refractivity contribution in [3.05, 3.63) is 17.8 Å². The summed E-state index contributed by atoms with van der Waals surface area (Å²) < 4.78 is 26.7. The first-order chi connectivity index (χ1) is 8.99. The molecule has 8 nitrogen and oxygen atoms in total. The number of nitrogens with two attached hydrogens (primary N) is 1. The van der Waals surface area contributed by atoms with Crippen molar-refractivity contribution >= 4 is 26.5 Å². The molecule has 0 fully saturated rings. The maximum absolute atomic E-state index is 12.0. The van der Waals surface area contributed by atoms with Crippen LogP contribution in [0.15, 0.2) is 10.5 Å². The molecule has 0 saturated heterocycles. The summed E-state index contributed by atoms with van der Waals surface area (Å²) in [4.78, 5) is 7.86. The van der Waals surface area contributed by atoms with Gasteiger partial charge < -0.3 is 5.73 Å². The van der Waals surface area contributed by atoms with Crippen LogP contribution in [0.25, 0.3) is 0 Å². The minimum absolute atomic E-state index is 0.171. The van der Waals surface area contributed by atoms with Gasteiger partial charge >= 0.3 is 0 Å². The van der Waals surface area contributed by atoms with Crippen LogP contribution in [0.5, 0.6) is 0 Å². The van der Waals surface area contributed by atoms with Crippen molar-refractivity contribution in [2.75, 3.05) is 12.3 Å². The third-order valence-electron chi connectivity index (χ3n) is 2.36. The molecular formula is C9H14N6O2S2. The van der Waals surface area contributed by atoms with Crippen LogP contribution in [0.1, 0.15) is 17.9 Å². The van der Waals surface area contributed by atoms with Gasteiger partial charge in [0.1, 0.15) is 12.2 Å². The van der Waals surface area contributed by atoms with Crippen LogP contribution in [0.2, 0.25) is 0 Å². The van der Waals surface area contributed by atoms with Gasteiger partial charge in [-0.2, -0.15) is 5.10 Å². The second-order valence-corrected chi connectivity index (χ2v) is 6.85. The molecule has 19 heavy (non-hydrogen) atoms. The van der Waals surface area contributed by atoms with Gasteiger partial charge in [0, 0.05) is 13.0 Å². The minimum Gasteiger partial charge on any atom is -0.375 e. The molecule has 2 rings (SSSR count). The highest BCUT2D eigenvalue weighted by Gasteiger charge is 2.20. The predicted molar refractivity (Wildman–Crippen MR) is 71.2 cm³/mol. The van der Waals surface area contributed by atoms with Crippen molar-refractivity contribution in [1.82, 2.24) is 24.9 Å². The Kier molecular flexibility index (Phi) is 4.12. The molecule has 2 heterocycles. The molecule has 0 atom stereocenters. The zero-order valence-electron chi connectivity index (χ0n) is 10.3. The highest BCUT2D eigenvalue weighted by Crippen LogP contribution is 2.24. The number of nitrogens with one attached hydrogen (secondary N) is 2. The Bertz CT molecular complexity index is 634. The second-order valence-electron chi connectivity index (χ2n) is 3.86. The van der Waals surface area contributed by atoms with Crippen LogP contribution < -0.4 is 10.5 Å². The fourth-order valence-corrected chi connectivity index (χ4v) is 3.95. The van der Waals surface area contributed by atoms with Crippen molar-refractivity contribution in [1.29, 1.82) is 0 Å². The van der Waals surface area contributed by atoms with Crippen molar-refractivity contribution in [2.24, 2.45) is 0 Å². The fourth-order valence-electron chi connectivity index (χ4n) is 1.53. The molecule has 0 aliphatic rings. The van der Waals surface area contributed by atoms with Gasteiger partial charge in [0.25, 0.3) is 10.0 Å². The number of aryl methyl sites for hydroxylation is 2. The predicted octanol–water partition coefficient (Wildman–Crippen LogP) is 0.0629. The number of sulfonamides is 1. The molecule has 2 aromatic heterocycles. The molecule has 0 spiro atoms. The van der Waals surface area contributed by atoms with E-state index in [4.69, 9.17) is 5.73 Å². The van der Waals surface area contributed by atoms with E-state index in [0.29, 0.717) is 25.1 Å². The summed E-state index contributed by atoms with van der Waals surface area (Å²) in [6.07, 6.45) is 2.68. The number of aromatic nitrogens is 4. The summed E-state index contributed by atoms with van der Waals surface area (Å²) in [5, 5.41) is 6.68. The lowest BCUT2D eigenvalue weighted by atomic mass is 10.3. The lowest BCUT2D eigenvalue weighted by Crippen LogP contribution is -2.25. The summed E-state index contributed by atoms with van der Waals surface area (Å²) in [5.41, 5.74) is 5.91. The third kappa shape index (κ3) is 3.49. The number of aromatic amines is 1. The molecule has 0 radical (unpaired) electrons. The van der Waals surface area contributed by atoms with Gasteiger partial charge in [0.2, 0.25) is 0 Å². The molecule has 0 amide bonds. The summed E-state index contributed by atoms with van der Waals surface area (Å²) in [7, 11) is -3.53. The first-order valence-corrected chi connectivity index (χ1v) is 7.86. The maximum atomic E-state index is 12.0. The molecule has 0 saturated carbocycles. The number of thiazole rings is 1. The monoisotopic (exact) mass is 302 g/mol. The minimum atomic E-state index is -3.53. The molecule has 10 heteroatoms. The van der Waals surface area contributed by atoms with Gasteiger partial charge in [0.15, 0.2) is 9.34 Å². The van der Waals surface area contributed by atoms with Gasteiger partial charge in [-0.15, -0.1) is 0 Å². The molecule has 0 aliphatic carbocycles. The first kappa shape index (κ1) is 13.9. The largest absolute Gasteiger partial charge is 0.375 e. The molecule has 0 unspecified atom stereocenters. The number of hydrogen-bond acceptors (Lipinski definition) is 7.